The summed E-state index contributed by atoms with van der Waals surface area (Å²) in [4.78, 5) is 4.22. The Morgan fingerprint density at radius 2 is 2.00 bits per heavy atom. The van der Waals surface area contributed by atoms with Crippen molar-refractivity contribution in [2.75, 3.05) is 0 Å². The lowest BCUT2D eigenvalue weighted by atomic mass is 10.1. The summed E-state index contributed by atoms with van der Waals surface area (Å²) in [5.74, 6) is 0.341. The summed E-state index contributed by atoms with van der Waals surface area (Å²) < 4.78 is 0. The highest BCUT2D eigenvalue weighted by Crippen LogP contribution is 2.28. The Morgan fingerprint density at radius 3 is 2.77 bits per heavy atom. The molecule has 1 aromatic heterocycles. The molecule has 0 aliphatic heterocycles. The molecule has 1 aromatic carbocycles. The molecule has 0 spiro atoms. The SMILES string of the molecule is Cc1cc(C)c2ncccc2c1O. The van der Waals surface area contributed by atoms with Gasteiger partial charge in [-0.2, -0.15) is 0 Å². The Labute approximate surface area is 76.9 Å². The number of rotatable bonds is 0. The lowest BCUT2D eigenvalue weighted by Crippen LogP contribution is -1.85. The molecule has 0 radical (unpaired) electrons. The van der Waals surface area contributed by atoms with Crippen LogP contribution in [0.1, 0.15) is 11.1 Å². The predicted molar refractivity (Wildman–Crippen MR) is 52.9 cm³/mol. The maximum absolute atomic E-state index is 9.74. The third-order valence-electron chi connectivity index (χ3n) is 2.24. The number of phenolic OH excluding ortho intramolecular Hbond substituents is 1. The van der Waals surface area contributed by atoms with Crippen molar-refractivity contribution in [2.24, 2.45) is 0 Å². The normalized spacial score (nSPS) is 10.6. The van der Waals surface area contributed by atoms with E-state index in [2.05, 4.69) is 4.98 Å². The van der Waals surface area contributed by atoms with Gasteiger partial charge in [0.2, 0.25) is 0 Å². The number of pyridine rings is 1. The van der Waals surface area contributed by atoms with Crippen molar-refractivity contribution in [1.29, 1.82) is 0 Å². The molecule has 1 heterocycles. The molecule has 1 N–H and O–H groups in total. The first-order valence-corrected chi connectivity index (χ1v) is 4.24. The molecule has 0 aliphatic rings. The van der Waals surface area contributed by atoms with Crippen LogP contribution in [0, 0.1) is 13.8 Å². The number of benzene rings is 1. The Morgan fingerprint density at radius 1 is 1.23 bits per heavy atom. The van der Waals surface area contributed by atoms with Crippen LogP contribution in [0.2, 0.25) is 0 Å². The topological polar surface area (TPSA) is 33.1 Å². The molecule has 0 unspecified atom stereocenters. The van der Waals surface area contributed by atoms with Gasteiger partial charge < -0.3 is 5.11 Å². The van der Waals surface area contributed by atoms with Crippen LogP contribution >= 0.6 is 0 Å². The summed E-state index contributed by atoms with van der Waals surface area (Å²) in [6, 6.07) is 5.67. The Balaban J connectivity index is 2.97. The fourth-order valence-corrected chi connectivity index (χ4v) is 1.58. The van der Waals surface area contributed by atoms with Crippen LogP contribution in [-0.2, 0) is 0 Å². The number of aryl methyl sites for hydroxylation is 2. The minimum Gasteiger partial charge on any atom is -0.507 e. The number of hydrogen-bond acceptors (Lipinski definition) is 2. The van der Waals surface area contributed by atoms with Crippen molar-refractivity contribution in [1.82, 2.24) is 4.98 Å². The van der Waals surface area contributed by atoms with Crippen LogP contribution in [0.4, 0.5) is 0 Å². The van der Waals surface area contributed by atoms with Crippen molar-refractivity contribution >= 4 is 10.9 Å². The van der Waals surface area contributed by atoms with Crippen molar-refractivity contribution in [3.8, 4) is 5.75 Å². The van der Waals surface area contributed by atoms with Crippen LogP contribution in [0.25, 0.3) is 10.9 Å². The van der Waals surface area contributed by atoms with E-state index in [4.69, 9.17) is 0 Å². The first-order chi connectivity index (χ1) is 6.20. The fraction of sp³-hybridized carbons (Fsp3) is 0.182. The maximum Gasteiger partial charge on any atom is 0.127 e. The lowest BCUT2D eigenvalue weighted by molar-refractivity contribution is 0.477. The van der Waals surface area contributed by atoms with Gasteiger partial charge in [-0.1, -0.05) is 6.07 Å². The van der Waals surface area contributed by atoms with Crippen LogP contribution in [0.3, 0.4) is 0 Å². The molecule has 0 bridgehead atoms. The smallest absolute Gasteiger partial charge is 0.127 e. The van der Waals surface area contributed by atoms with Crippen molar-refractivity contribution < 1.29 is 5.11 Å². The zero-order valence-corrected chi connectivity index (χ0v) is 7.70. The summed E-state index contributed by atoms with van der Waals surface area (Å²) in [5, 5.41) is 10.6. The molecule has 2 rings (SSSR count). The molecule has 13 heavy (non-hydrogen) atoms. The molecular formula is C11H11NO. The first-order valence-electron chi connectivity index (χ1n) is 4.24. The third-order valence-corrected chi connectivity index (χ3v) is 2.24. The zero-order valence-electron chi connectivity index (χ0n) is 7.70. The van der Waals surface area contributed by atoms with Gasteiger partial charge in [0, 0.05) is 11.6 Å². The molecular weight excluding hydrogens is 162 g/mol. The van der Waals surface area contributed by atoms with E-state index in [0.717, 1.165) is 22.0 Å². The highest BCUT2D eigenvalue weighted by Gasteiger charge is 2.05. The van der Waals surface area contributed by atoms with E-state index in [1.54, 1.807) is 6.20 Å². The molecule has 0 saturated carbocycles. The molecule has 66 valence electrons. The molecule has 2 heteroatoms. The lowest BCUT2D eigenvalue weighted by Gasteiger charge is -2.05. The van der Waals surface area contributed by atoms with E-state index in [0.29, 0.717) is 5.75 Å². The molecule has 2 aromatic rings. The molecule has 0 atom stereocenters. The largest absolute Gasteiger partial charge is 0.507 e. The molecule has 0 fully saturated rings. The van der Waals surface area contributed by atoms with Gasteiger partial charge in [-0.05, 0) is 37.1 Å². The van der Waals surface area contributed by atoms with Gasteiger partial charge in [-0.3, -0.25) is 4.98 Å². The monoisotopic (exact) mass is 173 g/mol. The van der Waals surface area contributed by atoms with Crippen LogP contribution in [0.15, 0.2) is 24.4 Å². The number of aromatic nitrogens is 1. The average molecular weight is 173 g/mol. The van der Waals surface area contributed by atoms with Crippen molar-refractivity contribution in [3.05, 3.63) is 35.5 Å². The Hall–Kier alpha value is -1.57. The standard InChI is InChI=1S/C11H11NO/c1-7-6-8(2)11(13)9-4-3-5-12-10(7)9/h3-6,13H,1-2H3. The summed E-state index contributed by atoms with van der Waals surface area (Å²) >= 11 is 0. The number of hydrogen-bond donors (Lipinski definition) is 1. The van der Waals surface area contributed by atoms with E-state index in [1.807, 2.05) is 32.0 Å². The predicted octanol–water partition coefficient (Wildman–Crippen LogP) is 2.56. The average Bonchev–Trinajstić information content (AvgIpc) is 2.15. The number of aromatic hydroxyl groups is 1. The van der Waals surface area contributed by atoms with Gasteiger partial charge in [-0.15, -0.1) is 0 Å². The summed E-state index contributed by atoms with van der Waals surface area (Å²) in [5.41, 5.74) is 2.88. The summed E-state index contributed by atoms with van der Waals surface area (Å²) in [7, 11) is 0. The van der Waals surface area contributed by atoms with E-state index >= 15 is 0 Å². The van der Waals surface area contributed by atoms with E-state index < -0.39 is 0 Å². The highest BCUT2D eigenvalue weighted by atomic mass is 16.3. The number of nitrogens with zero attached hydrogens (tertiary/aromatic N) is 1. The van der Waals surface area contributed by atoms with Gasteiger partial charge in [0.25, 0.3) is 0 Å². The van der Waals surface area contributed by atoms with Gasteiger partial charge in [-0.25, -0.2) is 0 Å². The summed E-state index contributed by atoms with van der Waals surface area (Å²) in [6.45, 7) is 3.90. The molecule has 0 amide bonds. The number of phenols is 1. The van der Waals surface area contributed by atoms with Crippen molar-refractivity contribution in [2.45, 2.75) is 13.8 Å². The summed E-state index contributed by atoms with van der Waals surface area (Å²) in [6.07, 6.45) is 1.74. The molecule has 0 aliphatic carbocycles. The van der Waals surface area contributed by atoms with Crippen molar-refractivity contribution in [3.63, 3.8) is 0 Å². The zero-order chi connectivity index (χ0) is 9.42. The quantitative estimate of drug-likeness (QED) is 0.664. The van der Waals surface area contributed by atoms with Crippen LogP contribution in [0.5, 0.6) is 5.75 Å². The third kappa shape index (κ3) is 1.15. The van der Waals surface area contributed by atoms with E-state index in [-0.39, 0.29) is 0 Å². The molecule has 2 nitrogen and oxygen atoms in total. The van der Waals surface area contributed by atoms with E-state index in [9.17, 15) is 5.11 Å². The second-order valence-corrected chi connectivity index (χ2v) is 3.26. The van der Waals surface area contributed by atoms with Crippen LogP contribution in [-0.4, -0.2) is 10.1 Å². The first kappa shape index (κ1) is 8.05. The number of fused-ring (bicyclic) bond motifs is 1. The minimum atomic E-state index is 0.341. The molecule has 0 saturated heterocycles. The van der Waals surface area contributed by atoms with Gasteiger partial charge in [0.1, 0.15) is 5.75 Å². The fourth-order valence-electron chi connectivity index (χ4n) is 1.58. The van der Waals surface area contributed by atoms with Gasteiger partial charge in [0.15, 0.2) is 0 Å². The minimum absolute atomic E-state index is 0.341. The van der Waals surface area contributed by atoms with Crippen LogP contribution < -0.4 is 0 Å². The second-order valence-electron chi connectivity index (χ2n) is 3.26. The van der Waals surface area contributed by atoms with E-state index in [1.165, 1.54) is 0 Å². The highest BCUT2D eigenvalue weighted by molar-refractivity contribution is 5.88. The Kier molecular flexibility index (Phi) is 1.69. The van der Waals surface area contributed by atoms with Gasteiger partial charge in [0.05, 0.1) is 5.52 Å². The second kappa shape index (κ2) is 2.73. The maximum atomic E-state index is 9.74. The van der Waals surface area contributed by atoms with Gasteiger partial charge >= 0.3 is 0 Å². The Bertz CT molecular complexity index is 463.